The standard InChI is InChI=1S/C32H56O9/c1-15(2)23(41-30-29(39)27(37)22(35)14-40-30)7-6-16(3)19-13-21(34)25-24-18(9-11-32(19,25)5)31(4)10-8-17(33)12-20(31)26(36)28(24)38/h15-30,33-39H,6-14H2,1-5H3/t16-,17+,18?,19-,20?,21-,22?,23+,24?,25?,26-,27?,28+,29?,30?,31-,32-/m1/s1. The topological polar surface area (TPSA) is 160 Å². The first kappa shape index (κ1) is 32.0. The summed E-state index contributed by atoms with van der Waals surface area (Å²) >= 11 is 0. The summed E-state index contributed by atoms with van der Waals surface area (Å²) in [5.74, 6) is 0.539. The van der Waals surface area contributed by atoms with Crippen LogP contribution in [0, 0.1) is 52.3 Å². The molecule has 5 fully saturated rings. The number of aliphatic hydroxyl groups is 7. The smallest absolute Gasteiger partial charge is 0.186 e. The Morgan fingerprint density at radius 2 is 1.44 bits per heavy atom. The average Bonchev–Trinajstić information content (AvgIpc) is 3.20. The van der Waals surface area contributed by atoms with Crippen molar-refractivity contribution in [3.63, 3.8) is 0 Å². The lowest BCUT2D eigenvalue weighted by Gasteiger charge is -2.63. The Morgan fingerprint density at radius 3 is 2.12 bits per heavy atom. The monoisotopic (exact) mass is 584 g/mol. The predicted molar refractivity (Wildman–Crippen MR) is 151 cm³/mol. The van der Waals surface area contributed by atoms with E-state index in [0.717, 1.165) is 38.5 Å². The number of hydrogen-bond acceptors (Lipinski definition) is 9. The van der Waals surface area contributed by atoms with Crippen molar-refractivity contribution in [2.75, 3.05) is 6.61 Å². The molecule has 17 atom stereocenters. The number of aliphatic hydroxyl groups excluding tert-OH is 7. The Labute approximate surface area is 245 Å². The molecule has 1 aliphatic heterocycles. The van der Waals surface area contributed by atoms with Gasteiger partial charge < -0.3 is 45.2 Å². The van der Waals surface area contributed by atoms with E-state index in [9.17, 15) is 35.7 Å². The lowest BCUT2D eigenvalue weighted by atomic mass is 9.43. The molecule has 9 nitrogen and oxygen atoms in total. The second-order valence-corrected chi connectivity index (χ2v) is 15.4. The first-order valence-electron chi connectivity index (χ1n) is 16.2. The fourth-order valence-electron chi connectivity index (χ4n) is 10.5. The SMILES string of the molecule is CC(C)[C@H](CC[C@@H](C)[C@H]1C[C@@H](O)C2C3C(CC[C@@]21C)[C@@]1(C)CC[C@H](O)CC1[C@@H](O)[C@H]3O)OC1OCC(O)C(O)C1O. The van der Waals surface area contributed by atoms with Gasteiger partial charge in [0.25, 0.3) is 0 Å². The van der Waals surface area contributed by atoms with Crippen LogP contribution in [0.25, 0.3) is 0 Å². The van der Waals surface area contributed by atoms with E-state index in [4.69, 9.17) is 9.47 Å². The van der Waals surface area contributed by atoms with Crippen molar-refractivity contribution in [1.82, 2.24) is 0 Å². The lowest BCUT2D eigenvalue weighted by Crippen LogP contribution is -2.65. The normalized spacial score (nSPS) is 53.3. The summed E-state index contributed by atoms with van der Waals surface area (Å²) in [5, 5.41) is 75.1. The van der Waals surface area contributed by atoms with Crippen LogP contribution in [-0.4, -0.2) is 97.5 Å². The molecule has 41 heavy (non-hydrogen) atoms. The molecule has 0 bridgehead atoms. The van der Waals surface area contributed by atoms with Crippen LogP contribution in [0.1, 0.15) is 86.0 Å². The summed E-state index contributed by atoms with van der Waals surface area (Å²) < 4.78 is 11.7. The van der Waals surface area contributed by atoms with Crippen molar-refractivity contribution in [2.45, 2.75) is 141 Å². The molecule has 1 heterocycles. The van der Waals surface area contributed by atoms with Crippen LogP contribution in [-0.2, 0) is 9.47 Å². The van der Waals surface area contributed by atoms with E-state index >= 15 is 0 Å². The Kier molecular flexibility index (Phi) is 9.27. The zero-order valence-corrected chi connectivity index (χ0v) is 25.5. The fourth-order valence-corrected chi connectivity index (χ4v) is 10.5. The molecule has 7 N–H and O–H groups in total. The fraction of sp³-hybridized carbons (Fsp3) is 1.00. The van der Waals surface area contributed by atoms with Crippen LogP contribution in [0.15, 0.2) is 0 Å². The van der Waals surface area contributed by atoms with Gasteiger partial charge in [0.15, 0.2) is 6.29 Å². The lowest BCUT2D eigenvalue weighted by molar-refractivity contribution is -0.286. The Morgan fingerprint density at radius 1 is 0.756 bits per heavy atom. The zero-order valence-electron chi connectivity index (χ0n) is 25.5. The second-order valence-electron chi connectivity index (χ2n) is 15.4. The summed E-state index contributed by atoms with van der Waals surface area (Å²) in [7, 11) is 0. The minimum atomic E-state index is -1.32. The molecular weight excluding hydrogens is 528 g/mol. The maximum atomic E-state index is 11.6. The number of hydrogen-bond donors (Lipinski definition) is 7. The van der Waals surface area contributed by atoms with E-state index in [1.807, 2.05) is 0 Å². The molecule has 4 aliphatic carbocycles. The van der Waals surface area contributed by atoms with Gasteiger partial charge >= 0.3 is 0 Å². The first-order chi connectivity index (χ1) is 19.2. The highest BCUT2D eigenvalue weighted by atomic mass is 16.7. The second kappa shape index (κ2) is 11.9. The molecule has 5 aliphatic rings. The van der Waals surface area contributed by atoms with Crippen LogP contribution in [0.3, 0.4) is 0 Å². The van der Waals surface area contributed by atoms with Crippen molar-refractivity contribution in [2.24, 2.45) is 52.3 Å². The van der Waals surface area contributed by atoms with E-state index in [1.165, 1.54) is 0 Å². The average molecular weight is 585 g/mol. The highest BCUT2D eigenvalue weighted by Gasteiger charge is 2.67. The zero-order chi connectivity index (χ0) is 30.0. The van der Waals surface area contributed by atoms with Crippen molar-refractivity contribution in [3.8, 4) is 0 Å². The highest BCUT2D eigenvalue weighted by Crippen LogP contribution is 2.68. The Bertz CT molecular complexity index is 902. The summed E-state index contributed by atoms with van der Waals surface area (Å²) in [6.07, 6.45) is -1.41. The van der Waals surface area contributed by atoms with Crippen molar-refractivity contribution in [3.05, 3.63) is 0 Å². The molecule has 0 aromatic carbocycles. The number of ether oxygens (including phenoxy) is 2. The van der Waals surface area contributed by atoms with Crippen molar-refractivity contribution in [1.29, 1.82) is 0 Å². The minimum absolute atomic E-state index is 0.0844. The van der Waals surface area contributed by atoms with Crippen molar-refractivity contribution >= 4 is 0 Å². The van der Waals surface area contributed by atoms with Gasteiger partial charge in [0.1, 0.15) is 18.3 Å². The molecule has 8 unspecified atom stereocenters. The maximum Gasteiger partial charge on any atom is 0.186 e. The molecule has 9 heteroatoms. The van der Waals surface area contributed by atoms with Gasteiger partial charge in [0, 0.05) is 0 Å². The van der Waals surface area contributed by atoms with Gasteiger partial charge in [-0.05, 0) is 104 Å². The van der Waals surface area contributed by atoms with Crippen molar-refractivity contribution < 1.29 is 45.2 Å². The third-order valence-corrected chi connectivity index (χ3v) is 12.9. The molecule has 5 rings (SSSR count). The summed E-state index contributed by atoms with van der Waals surface area (Å²) in [5.41, 5.74) is -0.306. The number of rotatable bonds is 7. The molecule has 0 aromatic heterocycles. The highest BCUT2D eigenvalue weighted by molar-refractivity contribution is 5.15. The summed E-state index contributed by atoms with van der Waals surface area (Å²) in [6, 6.07) is 0. The van der Waals surface area contributed by atoms with Gasteiger partial charge in [0.2, 0.25) is 0 Å². The molecule has 0 aromatic rings. The quantitative estimate of drug-likeness (QED) is 0.237. The van der Waals surface area contributed by atoms with Crippen LogP contribution in [0.5, 0.6) is 0 Å². The van der Waals surface area contributed by atoms with Gasteiger partial charge in [-0.2, -0.15) is 0 Å². The minimum Gasteiger partial charge on any atom is -0.393 e. The molecule has 0 amide bonds. The van der Waals surface area contributed by atoms with E-state index < -0.39 is 49.0 Å². The first-order valence-corrected chi connectivity index (χ1v) is 16.2. The number of fused-ring (bicyclic) bond motifs is 5. The van der Waals surface area contributed by atoms with Gasteiger partial charge in [-0.15, -0.1) is 0 Å². The van der Waals surface area contributed by atoms with E-state index in [-0.39, 0.29) is 65.0 Å². The molecule has 0 spiro atoms. The summed E-state index contributed by atoms with van der Waals surface area (Å²) in [6.45, 7) is 10.8. The van der Waals surface area contributed by atoms with E-state index in [1.54, 1.807) is 0 Å². The molecule has 4 saturated carbocycles. The van der Waals surface area contributed by atoms with Gasteiger partial charge in [-0.3, -0.25) is 0 Å². The Hall–Kier alpha value is -0.360. The summed E-state index contributed by atoms with van der Waals surface area (Å²) in [4.78, 5) is 0. The van der Waals surface area contributed by atoms with Gasteiger partial charge in [-0.1, -0.05) is 34.6 Å². The molecular formula is C32H56O9. The van der Waals surface area contributed by atoms with Crippen LogP contribution < -0.4 is 0 Å². The van der Waals surface area contributed by atoms with Crippen LogP contribution >= 0.6 is 0 Å². The third kappa shape index (κ3) is 5.44. The molecule has 1 saturated heterocycles. The van der Waals surface area contributed by atoms with E-state index in [0.29, 0.717) is 12.8 Å². The van der Waals surface area contributed by atoms with E-state index in [2.05, 4.69) is 34.6 Å². The maximum absolute atomic E-state index is 11.6. The largest absolute Gasteiger partial charge is 0.393 e. The molecule has 0 radical (unpaired) electrons. The van der Waals surface area contributed by atoms with Gasteiger partial charge in [-0.25, -0.2) is 0 Å². The predicted octanol–water partition coefficient (Wildman–Crippen LogP) is 1.82. The van der Waals surface area contributed by atoms with Gasteiger partial charge in [0.05, 0.1) is 37.1 Å². The van der Waals surface area contributed by atoms with Crippen LogP contribution in [0.4, 0.5) is 0 Å². The third-order valence-electron chi connectivity index (χ3n) is 12.9. The van der Waals surface area contributed by atoms with Crippen LogP contribution in [0.2, 0.25) is 0 Å². The molecule has 238 valence electrons. The Balaban J connectivity index is 1.28.